The maximum atomic E-state index is 9.23. The van der Waals surface area contributed by atoms with Gasteiger partial charge in [0.1, 0.15) is 6.07 Å². The van der Waals surface area contributed by atoms with Crippen LogP contribution in [0.5, 0.6) is 0 Å². The molecule has 1 heterocycles. The third-order valence-electron chi connectivity index (χ3n) is 2.20. The van der Waals surface area contributed by atoms with E-state index in [4.69, 9.17) is 0 Å². The van der Waals surface area contributed by atoms with Crippen molar-refractivity contribution >= 4 is 11.8 Å². The van der Waals surface area contributed by atoms with Crippen LogP contribution in [-0.2, 0) is 0 Å². The van der Waals surface area contributed by atoms with Crippen LogP contribution < -0.4 is 0 Å². The van der Waals surface area contributed by atoms with Crippen molar-refractivity contribution in [3.8, 4) is 11.8 Å². The molecule has 1 aromatic heterocycles. The van der Waals surface area contributed by atoms with Crippen LogP contribution in [0, 0.1) is 11.3 Å². The summed E-state index contributed by atoms with van der Waals surface area (Å²) in [6.45, 7) is 2.08. The standard InChI is InChI=1S/C12H11N3S/c1-2-16-12-5-3-4-11(10(12)8-13)15-7-6-14-9-15/h3-7,9H,2H2,1H3. The van der Waals surface area contributed by atoms with Gasteiger partial charge in [-0.25, -0.2) is 4.98 Å². The SMILES string of the molecule is CCSc1cccc(-n2ccnc2)c1C#N. The van der Waals surface area contributed by atoms with Crippen LogP contribution in [0.2, 0.25) is 0 Å². The average molecular weight is 229 g/mol. The molecule has 16 heavy (non-hydrogen) atoms. The summed E-state index contributed by atoms with van der Waals surface area (Å²) in [7, 11) is 0. The molecule has 1 aromatic carbocycles. The number of hydrogen-bond donors (Lipinski definition) is 0. The molecule has 0 spiro atoms. The summed E-state index contributed by atoms with van der Waals surface area (Å²) in [5, 5.41) is 9.23. The van der Waals surface area contributed by atoms with Gasteiger partial charge in [-0.05, 0) is 17.9 Å². The quantitative estimate of drug-likeness (QED) is 0.760. The number of rotatable bonds is 3. The summed E-state index contributed by atoms with van der Waals surface area (Å²) in [5.74, 6) is 0.960. The Bertz CT molecular complexity index is 512. The molecule has 0 saturated heterocycles. The number of nitrogens with zero attached hydrogens (tertiary/aromatic N) is 3. The van der Waals surface area contributed by atoms with Crippen molar-refractivity contribution in [3.05, 3.63) is 42.5 Å². The molecule has 0 unspecified atom stereocenters. The molecule has 0 saturated carbocycles. The lowest BCUT2D eigenvalue weighted by Gasteiger charge is -2.08. The Hall–Kier alpha value is -1.73. The topological polar surface area (TPSA) is 41.6 Å². The number of imidazole rings is 1. The molecule has 2 aromatic rings. The summed E-state index contributed by atoms with van der Waals surface area (Å²) in [6, 6.07) is 8.14. The number of benzene rings is 1. The number of thioether (sulfide) groups is 1. The van der Waals surface area contributed by atoms with Gasteiger partial charge in [-0.1, -0.05) is 13.0 Å². The monoisotopic (exact) mass is 229 g/mol. The first kappa shape index (κ1) is 10.8. The summed E-state index contributed by atoms with van der Waals surface area (Å²) < 4.78 is 1.86. The largest absolute Gasteiger partial charge is 0.305 e. The predicted molar refractivity (Wildman–Crippen MR) is 64.7 cm³/mol. The molecule has 0 bridgehead atoms. The van der Waals surface area contributed by atoms with Gasteiger partial charge in [0.15, 0.2) is 0 Å². The first-order valence-corrected chi connectivity index (χ1v) is 5.99. The summed E-state index contributed by atoms with van der Waals surface area (Å²) in [5.41, 5.74) is 1.60. The Morgan fingerprint density at radius 3 is 3.00 bits per heavy atom. The second-order valence-electron chi connectivity index (χ2n) is 3.17. The third-order valence-corrected chi connectivity index (χ3v) is 3.14. The zero-order chi connectivity index (χ0) is 11.4. The number of nitriles is 1. The van der Waals surface area contributed by atoms with Gasteiger partial charge in [0.05, 0.1) is 17.6 Å². The van der Waals surface area contributed by atoms with Crippen molar-refractivity contribution in [2.75, 3.05) is 5.75 Å². The molecule has 0 aliphatic rings. The molecule has 2 rings (SSSR count). The van der Waals surface area contributed by atoms with Crippen molar-refractivity contribution in [1.29, 1.82) is 5.26 Å². The van der Waals surface area contributed by atoms with E-state index in [1.807, 2.05) is 29.0 Å². The number of hydrogen-bond acceptors (Lipinski definition) is 3. The minimum absolute atomic E-state index is 0.715. The lowest BCUT2D eigenvalue weighted by atomic mass is 10.2. The highest BCUT2D eigenvalue weighted by molar-refractivity contribution is 7.99. The van der Waals surface area contributed by atoms with Gasteiger partial charge in [-0.2, -0.15) is 5.26 Å². The minimum Gasteiger partial charge on any atom is -0.305 e. The second kappa shape index (κ2) is 4.86. The van der Waals surface area contributed by atoms with Crippen molar-refractivity contribution < 1.29 is 0 Å². The number of aromatic nitrogens is 2. The van der Waals surface area contributed by atoms with E-state index in [2.05, 4.69) is 18.0 Å². The molecular weight excluding hydrogens is 218 g/mol. The van der Waals surface area contributed by atoms with Gasteiger partial charge >= 0.3 is 0 Å². The Balaban J connectivity index is 2.54. The average Bonchev–Trinajstić information content (AvgIpc) is 2.82. The maximum absolute atomic E-state index is 9.23. The molecule has 0 aliphatic carbocycles. The van der Waals surface area contributed by atoms with Gasteiger partial charge in [-0.3, -0.25) is 0 Å². The first-order valence-electron chi connectivity index (χ1n) is 5.01. The fraction of sp³-hybridized carbons (Fsp3) is 0.167. The van der Waals surface area contributed by atoms with Gasteiger partial charge in [0.2, 0.25) is 0 Å². The van der Waals surface area contributed by atoms with Crippen LogP contribution in [0.15, 0.2) is 41.8 Å². The summed E-state index contributed by atoms with van der Waals surface area (Å²) >= 11 is 1.68. The van der Waals surface area contributed by atoms with E-state index < -0.39 is 0 Å². The predicted octanol–water partition coefficient (Wildman–Crippen LogP) is 2.86. The van der Waals surface area contributed by atoms with Crippen LogP contribution in [0.25, 0.3) is 5.69 Å². The highest BCUT2D eigenvalue weighted by Crippen LogP contribution is 2.26. The van der Waals surface area contributed by atoms with Gasteiger partial charge in [0, 0.05) is 17.3 Å². The van der Waals surface area contributed by atoms with Crippen molar-refractivity contribution in [3.63, 3.8) is 0 Å². The maximum Gasteiger partial charge on any atom is 0.103 e. The van der Waals surface area contributed by atoms with E-state index in [1.165, 1.54) is 0 Å². The zero-order valence-electron chi connectivity index (χ0n) is 8.92. The van der Waals surface area contributed by atoms with Crippen LogP contribution in [0.4, 0.5) is 0 Å². The second-order valence-corrected chi connectivity index (χ2v) is 4.47. The molecule has 0 N–H and O–H groups in total. The van der Waals surface area contributed by atoms with Crippen LogP contribution in [-0.4, -0.2) is 15.3 Å². The molecule has 0 atom stereocenters. The molecule has 3 nitrogen and oxygen atoms in total. The molecule has 0 radical (unpaired) electrons. The third kappa shape index (κ3) is 1.95. The normalized spacial score (nSPS) is 10.0. The Labute approximate surface area is 98.7 Å². The van der Waals surface area contributed by atoms with Gasteiger partial charge in [0.25, 0.3) is 0 Å². The molecule has 80 valence electrons. The van der Waals surface area contributed by atoms with Crippen molar-refractivity contribution in [2.24, 2.45) is 0 Å². The smallest absolute Gasteiger partial charge is 0.103 e. The fourth-order valence-corrected chi connectivity index (χ4v) is 2.30. The Morgan fingerprint density at radius 1 is 1.50 bits per heavy atom. The summed E-state index contributed by atoms with van der Waals surface area (Å²) in [4.78, 5) is 5.02. The summed E-state index contributed by atoms with van der Waals surface area (Å²) in [6.07, 6.45) is 5.26. The van der Waals surface area contributed by atoms with E-state index in [-0.39, 0.29) is 0 Å². The Kier molecular flexibility index (Phi) is 3.28. The molecule has 4 heteroatoms. The molecule has 0 amide bonds. The van der Waals surface area contributed by atoms with E-state index in [1.54, 1.807) is 24.3 Å². The van der Waals surface area contributed by atoms with E-state index in [0.29, 0.717) is 5.56 Å². The van der Waals surface area contributed by atoms with Crippen LogP contribution >= 0.6 is 11.8 Å². The van der Waals surface area contributed by atoms with Crippen molar-refractivity contribution in [1.82, 2.24) is 9.55 Å². The lowest BCUT2D eigenvalue weighted by Crippen LogP contribution is -1.96. The van der Waals surface area contributed by atoms with E-state index >= 15 is 0 Å². The molecule has 0 fully saturated rings. The zero-order valence-corrected chi connectivity index (χ0v) is 9.74. The van der Waals surface area contributed by atoms with Gasteiger partial charge in [-0.15, -0.1) is 11.8 Å². The van der Waals surface area contributed by atoms with E-state index in [0.717, 1.165) is 16.3 Å². The fourth-order valence-electron chi connectivity index (χ4n) is 1.52. The highest BCUT2D eigenvalue weighted by atomic mass is 32.2. The van der Waals surface area contributed by atoms with E-state index in [9.17, 15) is 5.26 Å². The highest BCUT2D eigenvalue weighted by Gasteiger charge is 2.08. The molecular formula is C12H11N3S. The van der Waals surface area contributed by atoms with Crippen LogP contribution in [0.3, 0.4) is 0 Å². The first-order chi connectivity index (χ1) is 7.86. The Morgan fingerprint density at radius 2 is 2.38 bits per heavy atom. The van der Waals surface area contributed by atoms with Crippen molar-refractivity contribution in [2.45, 2.75) is 11.8 Å². The minimum atomic E-state index is 0.715. The lowest BCUT2D eigenvalue weighted by molar-refractivity contribution is 1.04. The van der Waals surface area contributed by atoms with Crippen LogP contribution in [0.1, 0.15) is 12.5 Å². The molecule has 0 aliphatic heterocycles. The van der Waals surface area contributed by atoms with Gasteiger partial charge < -0.3 is 4.57 Å².